The topological polar surface area (TPSA) is 43.1 Å². The maximum atomic E-state index is 4.56. The van der Waals surface area contributed by atoms with E-state index in [0.29, 0.717) is 11.9 Å². The Labute approximate surface area is 129 Å². The van der Waals surface area contributed by atoms with Crippen molar-refractivity contribution in [3.8, 4) is 0 Å². The Kier molecular flexibility index (Phi) is 7.27. The number of nitrogens with zero attached hydrogens (tertiary/aromatic N) is 4. The van der Waals surface area contributed by atoms with Crippen LogP contribution in [0.25, 0.3) is 0 Å². The third kappa shape index (κ3) is 5.04. The summed E-state index contributed by atoms with van der Waals surface area (Å²) in [5, 5.41) is 4.50. The van der Waals surface area contributed by atoms with Crippen LogP contribution in [0.4, 0.5) is 5.95 Å². The van der Waals surface area contributed by atoms with Gasteiger partial charge in [0.15, 0.2) is 5.82 Å². The van der Waals surface area contributed by atoms with Crippen molar-refractivity contribution in [2.45, 2.75) is 59.3 Å². The van der Waals surface area contributed by atoms with Gasteiger partial charge in [-0.25, -0.2) is 4.99 Å². The highest BCUT2D eigenvalue weighted by atomic mass is 127. The number of aliphatic imine (C=N–C) groups is 1. The predicted molar refractivity (Wildman–Crippen MR) is 89.6 cm³/mol. The molecule has 1 unspecified atom stereocenters. The number of hydrogen-bond acceptors (Lipinski definition) is 3. The van der Waals surface area contributed by atoms with Crippen LogP contribution in [-0.4, -0.2) is 19.2 Å². The largest absolute Gasteiger partial charge is 0.257 e. The van der Waals surface area contributed by atoms with Crippen molar-refractivity contribution in [2.24, 2.45) is 4.99 Å². The van der Waals surface area contributed by atoms with Gasteiger partial charge in [0.05, 0.1) is 22.9 Å². The van der Waals surface area contributed by atoms with Crippen LogP contribution in [0.3, 0.4) is 0 Å². The monoisotopic (exact) mass is 374 g/mol. The lowest BCUT2D eigenvalue weighted by molar-refractivity contribution is 0.544. The number of halogens is 1. The minimum atomic E-state index is 0.452. The second kappa shape index (κ2) is 8.45. The molecule has 0 amide bonds. The minimum Gasteiger partial charge on any atom is -0.219 e. The summed E-state index contributed by atoms with van der Waals surface area (Å²) in [5.41, 5.74) is 1.12. The van der Waals surface area contributed by atoms with Gasteiger partial charge in [-0.2, -0.15) is 7.88 Å². The summed E-state index contributed by atoms with van der Waals surface area (Å²) < 4.78 is 1.74. The summed E-state index contributed by atoms with van der Waals surface area (Å²) in [7, 11) is 0. The minimum absolute atomic E-state index is 0.452. The highest BCUT2D eigenvalue weighted by Gasteiger charge is 2.16. The Bertz CT molecular complexity index is 448. The van der Waals surface area contributed by atoms with Crippen molar-refractivity contribution < 1.29 is 0 Å². The van der Waals surface area contributed by atoms with Crippen LogP contribution in [-0.2, 0) is 0 Å². The molecule has 4 nitrogen and oxygen atoms in total. The molecule has 0 saturated carbocycles. The van der Waals surface area contributed by atoms with Crippen LogP contribution in [0.5, 0.6) is 0 Å². The molecule has 1 heterocycles. The molecule has 0 aromatic carbocycles. The molecule has 0 bridgehead atoms. The SMILES string of the molecule is C/C=C(C)\C=N/c1nc(C(CC)CCCC)nn1I. The fraction of sp³-hybridized carbons (Fsp3) is 0.643. The van der Waals surface area contributed by atoms with Gasteiger partial charge in [0.1, 0.15) is 0 Å². The number of hydrogen-bond donors (Lipinski definition) is 0. The van der Waals surface area contributed by atoms with E-state index in [9.17, 15) is 0 Å². The molecule has 0 aliphatic rings. The second-order valence-electron chi connectivity index (χ2n) is 4.67. The molecule has 1 aromatic rings. The van der Waals surface area contributed by atoms with Gasteiger partial charge in [-0.3, -0.25) is 0 Å². The van der Waals surface area contributed by atoms with Crippen LogP contribution in [0.1, 0.15) is 65.1 Å². The molecular formula is C14H23IN4. The first-order chi connectivity index (χ1) is 9.12. The number of rotatable bonds is 7. The Morgan fingerprint density at radius 1 is 1.47 bits per heavy atom. The molecule has 1 atom stereocenters. The maximum absolute atomic E-state index is 4.56. The zero-order chi connectivity index (χ0) is 14.3. The zero-order valence-electron chi connectivity index (χ0n) is 12.2. The zero-order valence-corrected chi connectivity index (χ0v) is 14.4. The number of allylic oxidation sites excluding steroid dienone is 2. The molecule has 0 spiro atoms. The molecule has 0 radical (unpaired) electrons. The van der Waals surface area contributed by atoms with E-state index >= 15 is 0 Å². The van der Waals surface area contributed by atoms with Crippen LogP contribution in [0.2, 0.25) is 0 Å². The fourth-order valence-corrected chi connectivity index (χ4v) is 2.20. The molecule has 0 aliphatic heterocycles. The molecule has 106 valence electrons. The van der Waals surface area contributed by atoms with Gasteiger partial charge in [-0.1, -0.05) is 32.8 Å². The third-order valence-corrected chi connectivity index (χ3v) is 3.82. The summed E-state index contributed by atoms with van der Waals surface area (Å²) in [5.74, 6) is 2.05. The predicted octanol–water partition coefficient (Wildman–Crippen LogP) is 4.83. The van der Waals surface area contributed by atoms with Crippen LogP contribution in [0.15, 0.2) is 16.6 Å². The Balaban J connectivity index is 2.85. The van der Waals surface area contributed by atoms with E-state index in [2.05, 4.69) is 51.8 Å². The van der Waals surface area contributed by atoms with Crippen molar-refractivity contribution in [2.75, 3.05) is 0 Å². The molecule has 0 N–H and O–H groups in total. The smallest absolute Gasteiger partial charge is 0.219 e. The van der Waals surface area contributed by atoms with Crippen molar-refractivity contribution in [3.63, 3.8) is 0 Å². The molecule has 1 aromatic heterocycles. The lowest BCUT2D eigenvalue weighted by Crippen LogP contribution is -2.00. The van der Waals surface area contributed by atoms with E-state index in [0.717, 1.165) is 24.2 Å². The summed E-state index contributed by atoms with van der Waals surface area (Å²) in [4.78, 5) is 8.94. The average molecular weight is 374 g/mol. The second-order valence-corrected chi connectivity index (χ2v) is 5.58. The fourth-order valence-electron chi connectivity index (χ4n) is 1.75. The van der Waals surface area contributed by atoms with Gasteiger partial charge in [-0.15, -0.1) is 5.10 Å². The van der Waals surface area contributed by atoms with Crippen LogP contribution < -0.4 is 0 Å². The van der Waals surface area contributed by atoms with Crippen LogP contribution >= 0.6 is 22.9 Å². The molecular weight excluding hydrogens is 351 g/mol. The Morgan fingerprint density at radius 3 is 2.79 bits per heavy atom. The standard InChI is InChI=1S/C14H23IN4/c1-5-8-9-12(7-3)13-17-14(19(15)18-13)16-10-11(4)6-2/h6,10,12H,5,7-9H2,1-4H3/b11-6-,16-10-. The quantitative estimate of drug-likeness (QED) is 0.507. The number of unbranched alkanes of at least 4 members (excludes halogenated alkanes) is 1. The highest BCUT2D eigenvalue weighted by molar-refractivity contribution is 14.1. The van der Waals surface area contributed by atoms with Crippen molar-refractivity contribution >= 4 is 35.0 Å². The summed E-state index contributed by atoms with van der Waals surface area (Å²) in [6, 6.07) is 0. The van der Waals surface area contributed by atoms with E-state index in [1.54, 1.807) is 2.90 Å². The van der Waals surface area contributed by atoms with E-state index < -0.39 is 0 Å². The average Bonchev–Trinajstić information content (AvgIpc) is 2.78. The van der Waals surface area contributed by atoms with Crippen LogP contribution in [0, 0.1) is 0 Å². The molecule has 1 rings (SSSR count). The first kappa shape index (κ1) is 16.3. The highest BCUT2D eigenvalue weighted by Crippen LogP contribution is 2.25. The number of aromatic nitrogens is 3. The summed E-state index contributed by atoms with van der Waals surface area (Å²) >= 11 is 2.14. The van der Waals surface area contributed by atoms with Crippen molar-refractivity contribution in [1.82, 2.24) is 13.0 Å². The van der Waals surface area contributed by atoms with Gasteiger partial charge in [0.2, 0.25) is 0 Å². The molecule has 0 aliphatic carbocycles. The van der Waals surface area contributed by atoms with Crippen molar-refractivity contribution in [1.29, 1.82) is 0 Å². The van der Waals surface area contributed by atoms with E-state index in [4.69, 9.17) is 0 Å². The molecule has 19 heavy (non-hydrogen) atoms. The first-order valence-corrected chi connectivity index (χ1v) is 7.88. The van der Waals surface area contributed by atoms with Gasteiger partial charge in [0, 0.05) is 12.1 Å². The molecule has 0 fully saturated rings. The molecule has 5 heteroatoms. The lowest BCUT2D eigenvalue weighted by Gasteiger charge is -2.08. The van der Waals surface area contributed by atoms with E-state index in [1.807, 2.05) is 26.1 Å². The first-order valence-electron chi connectivity index (χ1n) is 6.92. The normalized spacial score (nSPS) is 14.3. The van der Waals surface area contributed by atoms with E-state index in [-0.39, 0.29) is 0 Å². The van der Waals surface area contributed by atoms with Gasteiger partial charge in [-0.05, 0) is 32.3 Å². The van der Waals surface area contributed by atoms with Crippen molar-refractivity contribution in [3.05, 3.63) is 17.5 Å². The summed E-state index contributed by atoms with van der Waals surface area (Å²) in [6.45, 7) is 8.43. The van der Waals surface area contributed by atoms with E-state index in [1.165, 1.54) is 12.8 Å². The van der Waals surface area contributed by atoms with Gasteiger partial charge < -0.3 is 0 Å². The molecule has 0 saturated heterocycles. The van der Waals surface area contributed by atoms with Gasteiger partial charge in [0.25, 0.3) is 5.95 Å². The third-order valence-electron chi connectivity index (χ3n) is 3.17. The maximum Gasteiger partial charge on any atom is 0.257 e. The summed E-state index contributed by atoms with van der Waals surface area (Å²) in [6.07, 6.45) is 8.53. The van der Waals surface area contributed by atoms with Gasteiger partial charge >= 0.3 is 0 Å². The Hall–Kier alpha value is -0.720. The lowest BCUT2D eigenvalue weighted by atomic mass is 9.99. The Morgan fingerprint density at radius 2 is 2.21 bits per heavy atom.